The molecule has 4 rings (SSSR count). The minimum atomic E-state index is -1.00. The molecule has 8 heteroatoms. The minimum Gasteiger partial charge on any atom is -0.482 e. The zero-order chi connectivity index (χ0) is 21.4. The lowest BCUT2D eigenvalue weighted by molar-refractivity contribution is -0.139. The normalized spacial score (nSPS) is 11.3. The van der Waals surface area contributed by atoms with Gasteiger partial charge in [-0.2, -0.15) is 0 Å². The fraction of sp³-hybridized carbons (Fsp3) is 0.273. The van der Waals surface area contributed by atoms with Gasteiger partial charge in [0.2, 0.25) is 0 Å². The Kier molecular flexibility index (Phi) is 5.36. The van der Waals surface area contributed by atoms with Crippen LogP contribution >= 0.6 is 11.3 Å². The van der Waals surface area contributed by atoms with Gasteiger partial charge in [-0.05, 0) is 55.7 Å². The molecule has 2 heterocycles. The lowest BCUT2D eigenvalue weighted by Crippen LogP contribution is -2.10. The number of thiazole rings is 1. The molecule has 0 saturated carbocycles. The predicted molar refractivity (Wildman–Crippen MR) is 116 cm³/mol. The van der Waals surface area contributed by atoms with Crippen LogP contribution < -0.4 is 4.74 Å². The third kappa shape index (κ3) is 3.71. The van der Waals surface area contributed by atoms with Gasteiger partial charge in [0.1, 0.15) is 10.8 Å². The third-order valence-corrected chi connectivity index (χ3v) is 5.95. The Balaban J connectivity index is 1.86. The fourth-order valence-electron chi connectivity index (χ4n) is 3.38. The summed E-state index contributed by atoms with van der Waals surface area (Å²) in [7, 11) is 1.63. The average Bonchev–Trinajstić information content (AvgIpc) is 3.13. The van der Waals surface area contributed by atoms with E-state index in [2.05, 4.69) is 16.0 Å². The molecule has 0 atom stereocenters. The summed E-state index contributed by atoms with van der Waals surface area (Å²) in [5.41, 5.74) is 7.10. The van der Waals surface area contributed by atoms with Crippen LogP contribution in [0.5, 0.6) is 5.75 Å². The topological polar surface area (TPSA) is 94.4 Å². The number of benzene rings is 2. The van der Waals surface area contributed by atoms with Crippen molar-refractivity contribution in [3.63, 3.8) is 0 Å². The Bertz CT molecular complexity index is 1280. The van der Waals surface area contributed by atoms with Gasteiger partial charge in [0.25, 0.3) is 0 Å². The fourth-order valence-corrected chi connectivity index (χ4v) is 4.45. The predicted octanol–water partition coefficient (Wildman–Crippen LogP) is 4.44. The smallest absolute Gasteiger partial charge is 0.341 e. The minimum absolute atomic E-state index is 0.376. The molecule has 0 aliphatic heterocycles. The van der Waals surface area contributed by atoms with E-state index in [4.69, 9.17) is 19.6 Å². The maximum Gasteiger partial charge on any atom is 0.341 e. The molecule has 2 aromatic heterocycles. The van der Waals surface area contributed by atoms with E-state index in [1.165, 1.54) is 11.3 Å². The van der Waals surface area contributed by atoms with Gasteiger partial charge in [0.15, 0.2) is 6.61 Å². The maximum absolute atomic E-state index is 10.9. The van der Waals surface area contributed by atoms with Crippen LogP contribution in [0.2, 0.25) is 0 Å². The number of carboxylic acids is 1. The molecule has 0 bridgehead atoms. The third-order valence-electron chi connectivity index (χ3n) is 4.92. The Morgan fingerprint density at radius 2 is 1.90 bits per heavy atom. The number of ether oxygens (including phenoxy) is 2. The Morgan fingerprint density at radius 1 is 1.10 bits per heavy atom. The van der Waals surface area contributed by atoms with Gasteiger partial charge in [-0.3, -0.25) is 4.98 Å². The summed E-state index contributed by atoms with van der Waals surface area (Å²) < 4.78 is 11.6. The number of fused-ring (bicyclic) bond motifs is 2. The van der Waals surface area contributed by atoms with Gasteiger partial charge in [0.05, 0.1) is 39.7 Å². The van der Waals surface area contributed by atoms with Crippen LogP contribution in [0.1, 0.15) is 22.4 Å². The van der Waals surface area contributed by atoms with Crippen LogP contribution in [0.25, 0.3) is 31.8 Å². The van der Waals surface area contributed by atoms with Crippen LogP contribution in [-0.4, -0.2) is 39.7 Å². The second-order valence-electron chi connectivity index (χ2n) is 7.15. The highest BCUT2D eigenvalue weighted by molar-refractivity contribution is 7.21. The molecule has 0 aliphatic carbocycles. The van der Waals surface area contributed by atoms with Gasteiger partial charge in [0, 0.05) is 12.7 Å². The lowest BCUT2D eigenvalue weighted by Gasteiger charge is -2.09. The summed E-state index contributed by atoms with van der Waals surface area (Å²) in [6, 6.07) is 5.93. The summed E-state index contributed by atoms with van der Waals surface area (Å²) >= 11 is 1.53. The van der Waals surface area contributed by atoms with Crippen molar-refractivity contribution in [1.82, 2.24) is 15.0 Å². The van der Waals surface area contributed by atoms with Gasteiger partial charge in [-0.25, -0.2) is 14.8 Å². The SMILES string of the molecule is COCc1cnc2c(-c3nc4c(C)c(C)c(OCC(=O)O)cc4s3)cc(C)cc2n1. The second kappa shape index (κ2) is 7.97. The molecule has 7 nitrogen and oxygen atoms in total. The quantitative estimate of drug-likeness (QED) is 0.490. The number of aryl methyl sites for hydroxylation is 2. The van der Waals surface area contributed by atoms with Gasteiger partial charge >= 0.3 is 5.97 Å². The van der Waals surface area contributed by atoms with E-state index in [1.54, 1.807) is 13.3 Å². The molecule has 0 aliphatic rings. The van der Waals surface area contributed by atoms with Crippen molar-refractivity contribution in [3.05, 3.63) is 46.8 Å². The summed E-state index contributed by atoms with van der Waals surface area (Å²) in [5.74, 6) is -0.439. The molecule has 4 aromatic rings. The van der Waals surface area contributed by atoms with Crippen molar-refractivity contribution in [3.8, 4) is 16.3 Å². The molecule has 0 saturated heterocycles. The van der Waals surface area contributed by atoms with E-state index in [-0.39, 0.29) is 6.61 Å². The number of rotatable bonds is 6. The van der Waals surface area contributed by atoms with Crippen molar-refractivity contribution in [1.29, 1.82) is 0 Å². The van der Waals surface area contributed by atoms with E-state index in [9.17, 15) is 4.79 Å². The number of nitrogens with zero attached hydrogens (tertiary/aromatic N) is 3. The Hall–Kier alpha value is -3.10. The van der Waals surface area contributed by atoms with E-state index in [1.807, 2.05) is 32.9 Å². The summed E-state index contributed by atoms with van der Waals surface area (Å²) in [4.78, 5) is 25.1. The first-order valence-electron chi connectivity index (χ1n) is 9.38. The largest absolute Gasteiger partial charge is 0.482 e. The van der Waals surface area contributed by atoms with Crippen molar-refractivity contribution in [2.75, 3.05) is 13.7 Å². The molecular formula is C22H21N3O4S. The number of aromatic nitrogens is 3. The average molecular weight is 423 g/mol. The highest BCUT2D eigenvalue weighted by atomic mass is 32.1. The molecular weight excluding hydrogens is 402 g/mol. The van der Waals surface area contributed by atoms with E-state index in [0.717, 1.165) is 54.2 Å². The molecule has 0 fully saturated rings. The molecule has 30 heavy (non-hydrogen) atoms. The monoisotopic (exact) mass is 423 g/mol. The first-order chi connectivity index (χ1) is 14.4. The molecule has 0 amide bonds. The molecule has 154 valence electrons. The molecule has 2 aromatic carbocycles. The number of hydrogen-bond donors (Lipinski definition) is 1. The second-order valence-corrected chi connectivity index (χ2v) is 8.18. The summed E-state index contributed by atoms with van der Waals surface area (Å²) in [5, 5.41) is 9.76. The summed E-state index contributed by atoms with van der Waals surface area (Å²) in [6.07, 6.45) is 1.73. The highest BCUT2D eigenvalue weighted by Crippen LogP contribution is 2.38. The van der Waals surface area contributed by atoms with Crippen LogP contribution in [0, 0.1) is 20.8 Å². The van der Waals surface area contributed by atoms with Crippen LogP contribution in [-0.2, 0) is 16.1 Å². The molecule has 0 unspecified atom stereocenters. The molecule has 1 N–H and O–H groups in total. The number of methoxy groups -OCH3 is 1. The highest BCUT2D eigenvalue weighted by Gasteiger charge is 2.17. The number of carbonyl (C=O) groups is 1. The first kappa shape index (κ1) is 20.2. The lowest BCUT2D eigenvalue weighted by atomic mass is 10.1. The Labute approximate surface area is 177 Å². The zero-order valence-electron chi connectivity index (χ0n) is 17.1. The van der Waals surface area contributed by atoms with Gasteiger partial charge < -0.3 is 14.6 Å². The van der Waals surface area contributed by atoms with Crippen LogP contribution in [0.3, 0.4) is 0 Å². The first-order valence-corrected chi connectivity index (χ1v) is 10.2. The van der Waals surface area contributed by atoms with Crippen molar-refractivity contribution < 1.29 is 19.4 Å². The number of carboxylic acid groups (broad SMARTS) is 1. The zero-order valence-corrected chi connectivity index (χ0v) is 18.0. The Morgan fingerprint density at radius 3 is 2.63 bits per heavy atom. The van der Waals surface area contributed by atoms with Gasteiger partial charge in [-0.15, -0.1) is 11.3 Å². The van der Waals surface area contributed by atoms with Gasteiger partial charge in [-0.1, -0.05) is 0 Å². The standard InChI is InChI=1S/C22H21N3O4S/c1-11-5-15(21-16(6-11)24-14(8-23-21)9-28-4)22-25-20-13(3)12(2)17(7-18(20)30-22)29-10-19(26)27/h5-8H,9-10H2,1-4H3,(H,26,27). The molecule has 0 spiro atoms. The molecule has 0 radical (unpaired) electrons. The van der Waals surface area contributed by atoms with E-state index >= 15 is 0 Å². The number of hydrogen-bond acceptors (Lipinski definition) is 7. The van der Waals surface area contributed by atoms with Crippen molar-refractivity contribution >= 4 is 38.6 Å². The van der Waals surface area contributed by atoms with E-state index in [0.29, 0.717) is 12.4 Å². The maximum atomic E-state index is 10.9. The summed E-state index contributed by atoms with van der Waals surface area (Å²) in [6.45, 7) is 5.94. The van der Waals surface area contributed by atoms with Crippen LogP contribution in [0.4, 0.5) is 0 Å². The van der Waals surface area contributed by atoms with Crippen molar-refractivity contribution in [2.45, 2.75) is 27.4 Å². The van der Waals surface area contributed by atoms with Crippen LogP contribution in [0.15, 0.2) is 24.4 Å². The van der Waals surface area contributed by atoms with Crippen molar-refractivity contribution in [2.24, 2.45) is 0 Å². The number of aliphatic carboxylic acids is 1. The van der Waals surface area contributed by atoms with E-state index < -0.39 is 5.97 Å².